The zero-order valence-electron chi connectivity index (χ0n) is 7.23. The largest absolute Gasteiger partial charge is 0.353 e. The summed E-state index contributed by atoms with van der Waals surface area (Å²) in [5, 5.41) is 10.4. The van der Waals surface area contributed by atoms with E-state index in [4.69, 9.17) is 0 Å². The van der Waals surface area contributed by atoms with Crippen LogP contribution in [0.2, 0.25) is 0 Å². The number of aromatic nitrogens is 1. The summed E-state index contributed by atoms with van der Waals surface area (Å²) in [5.41, 5.74) is 0.926. The fourth-order valence-electron chi connectivity index (χ4n) is 1.25. The van der Waals surface area contributed by atoms with Crippen LogP contribution in [0.1, 0.15) is 5.56 Å². The molecule has 68 valence electrons. The molecule has 2 heterocycles. The van der Waals surface area contributed by atoms with Gasteiger partial charge in [-0.2, -0.15) is 0 Å². The van der Waals surface area contributed by atoms with Gasteiger partial charge in [-0.25, -0.2) is 4.98 Å². The van der Waals surface area contributed by atoms with Crippen molar-refractivity contribution in [3.8, 4) is 0 Å². The molecule has 0 amide bonds. The summed E-state index contributed by atoms with van der Waals surface area (Å²) >= 11 is 0. The Bertz CT molecular complexity index is 360. The van der Waals surface area contributed by atoms with Gasteiger partial charge in [-0.15, -0.1) is 0 Å². The molecular weight excluding hydrogens is 170 g/mol. The van der Waals surface area contributed by atoms with Gasteiger partial charge in [-0.3, -0.25) is 10.1 Å². The van der Waals surface area contributed by atoms with Gasteiger partial charge < -0.3 is 4.90 Å². The van der Waals surface area contributed by atoms with Gasteiger partial charge in [0, 0.05) is 19.2 Å². The molecule has 0 atom stereocenters. The van der Waals surface area contributed by atoms with Crippen LogP contribution in [-0.2, 0) is 0 Å². The van der Waals surface area contributed by atoms with Crippen molar-refractivity contribution in [2.45, 2.75) is 6.92 Å². The maximum atomic E-state index is 10.4. The van der Waals surface area contributed by atoms with E-state index in [1.165, 1.54) is 6.20 Å². The molecule has 5 nitrogen and oxygen atoms in total. The Hall–Kier alpha value is -1.65. The Labute approximate surface area is 75.2 Å². The number of anilines is 1. The third kappa shape index (κ3) is 1.44. The first-order chi connectivity index (χ1) is 6.18. The van der Waals surface area contributed by atoms with Crippen molar-refractivity contribution in [3.05, 3.63) is 27.9 Å². The molecule has 0 unspecified atom stereocenters. The molecule has 1 aliphatic heterocycles. The van der Waals surface area contributed by atoms with E-state index >= 15 is 0 Å². The molecule has 0 N–H and O–H groups in total. The molecule has 1 aliphatic rings. The third-order valence-corrected chi connectivity index (χ3v) is 1.99. The minimum absolute atomic E-state index is 0.0584. The number of pyridine rings is 1. The van der Waals surface area contributed by atoms with Crippen LogP contribution in [0.5, 0.6) is 0 Å². The first-order valence-electron chi connectivity index (χ1n) is 4.04. The summed E-state index contributed by atoms with van der Waals surface area (Å²) in [7, 11) is 0. The first kappa shape index (κ1) is 7.97. The third-order valence-electron chi connectivity index (χ3n) is 1.99. The molecular formula is C8H9N3O2. The number of nitrogens with zero attached hydrogens (tertiary/aromatic N) is 3. The molecule has 0 aromatic carbocycles. The van der Waals surface area contributed by atoms with Crippen molar-refractivity contribution in [2.24, 2.45) is 0 Å². The maximum absolute atomic E-state index is 10.4. The zero-order valence-corrected chi connectivity index (χ0v) is 7.23. The Morgan fingerprint density at radius 1 is 1.62 bits per heavy atom. The molecule has 1 fully saturated rings. The van der Waals surface area contributed by atoms with Crippen molar-refractivity contribution in [2.75, 3.05) is 18.0 Å². The van der Waals surface area contributed by atoms with Crippen molar-refractivity contribution in [3.63, 3.8) is 0 Å². The number of hydrogen-bond acceptors (Lipinski definition) is 4. The normalized spacial score (nSPS) is 14.4. The van der Waals surface area contributed by atoms with Crippen LogP contribution in [0, 0.1) is 17.0 Å². The highest BCUT2D eigenvalue weighted by atomic mass is 16.6. The van der Waals surface area contributed by atoms with Crippen LogP contribution in [0.3, 0.4) is 0 Å². The number of rotatable bonds is 2. The zero-order chi connectivity index (χ0) is 9.42. The van der Waals surface area contributed by atoms with E-state index < -0.39 is 4.92 Å². The number of nitro groups is 1. The van der Waals surface area contributed by atoms with Crippen molar-refractivity contribution >= 4 is 11.5 Å². The highest BCUT2D eigenvalue weighted by Gasteiger charge is 2.22. The predicted molar refractivity (Wildman–Crippen MR) is 47.8 cm³/mol. The molecule has 2 rings (SSSR count). The molecule has 1 aromatic heterocycles. The van der Waals surface area contributed by atoms with Gasteiger partial charge in [-0.1, -0.05) is 0 Å². The smallest absolute Gasteiger partial charge is 0.287 e. The lowest BCUT2D eigenvalue weighted by Crippen LogP contribution is -1.99. The summed E-state index contributed by atoms with van der Waals surface area (Å²) in [6.45, 7) is 3.85. The van der Waals surface area contributed by atoms with E-state index in [1.807, 2.05) is 6.92 Å². The quantitative estimate of drug-likeness (QED) is 0.387. The second kappa shape index (κ2) is 2.69. The Morgan fingerprint density at radius 3 is 2.77 bits per heavy atom. The predicted octanol–water partition coefficient (Wildman–Crippen LogP) is 1.12. The Morgan fingerprint density at radius 2 is 2.31 bits per heavy atom. The van der Waals surface area contributed by atoms with E-state index in [0.717, 1.165) is 24.5 Å². The Kier molecular flexibility index (Phi) is 1.65. The molecule has 1 saturated heterocycles. The molecule has 5 heteroatoms. The van der Waals surface area contributed by atoms with Gasteiger partial charge >= 0.3 is 0 Å². The average Bonchev–Trinajstić information content (AvgIpc) is 2.87. The second-order valence-electron chi connectivity index (χ2n) is 3.08. The van der Waals surface area contributed by atoms with E-state index in [2.05, 4.69) is 9.88 Å². The van der Waals surface area contributed by atoms with Gasteiger partial charge in [0.15, 0.2) is 0 Å². The van der Waals surface area contributed by atoms with E-state index in [1.54, 1.807) is 6.07 Å². The molecule has 13 heavy (non-hydrogen) atoms. The fourth-order valence-corrected chi connectivity index (χ4v) is 1.25. The van der Waals surface area contributed by atoms with E-state index in [9.17, 15) is 10.1 Å². The maximum Gasteiger partial charge on any atom is 0.287 e. The van der Waals surface area contributed by atoms with Crippen LogP contribution in [0.15, 0.2) is 12.3 Å². The SMILES string of the molecule is Cc1cc([N+](=O)[O-])cnc1N1CC1. The fraction of sp³-hybridized carbons (Fsp3) is 0.375. The topological polar surface area (TPSA) is 59.0 Å². The summed E-state index contributed by atoms with van der Waals surface area (Å²) in [6.07, 6.45) is 1.31. The minimum Gasteiger partial charge on any atom is -0.353 e. The molecule has 0 saturated carbocycles. The monoisotopic (exact) mass is 179 g/mol. The highest BCUT2D eigenvalue weighted by molar-refractivity contribution is 5.53. The van der Waals surface area contributed by atoms with Gasteiger partial charge in [0.2, 0.25) is 0 Å². The van der Waals surface area contributed by atoms with E-state index in [0.29, 0.717) is 0 Å². The van der Waals surface area contributed by atoms with E-state index in [-0.39, 0.29) is 5.69 Å². The first-order valence-corrected chi connectivity index (χ1v) is 4.04. The summed E-state index contributed by atoms with van der Waals surface area (Å²) in [4.78, 5) is 16.1. The van der Waals surface area contributed by atoms with Crippen molar-refractivity contribution < 1.29 is 4.92 Å². The van der Waals surface area contributed by atoms with Crippen LogP contribution in [0.25, 0.3) is 0 Å². The van der Waals surface area contributed by atoms with Crippen LogP contribution < -0.4 is 4.90 Å². The highest BCUT2D eigenvalue weighted by Crippen LogP contribution is 2.25. The molecule has 1 aromatic rings. The lowest BCUT2D eigenvalue weighted by Gasteiger charge is -2.04. The van der Waals surface area contributed by atoms with Crippen LogP contribution >= 0.6 is 0 Å². The number of aryl methyl sites for hydroxylation is 1. The van der Waals surface area contributed by atoms with Gasteiger partial charge in [0.05, 0.1) is 4.92 Å². The molecule has 0 aliphatic carbocycles. The van der Waals surface area contributed by atoms with Gasteiger partial charge in [0.1, 0.15) is 12.0 Å². The summed E-state index contributed by atoms with van der Waals surface area (Å²) in [5.74, 6) is 0.866. The van der Waals surface area contributed by atoms with Gasteiger partial charge in [-0.05, 0) is 12.5 Å². The lowest BCUT2D eigenvalue weighted by atomic mass is 10.2. The van der Waals surface area contributed by atoms with Crippen LogP contribution in [-0.4, -0.2) is 23.0 Å². The van der Waals surface area contributed by atoms with Gasteiger partial charge in [0.25, 0.3) is 5.69 Å². The second-order valence-corrected chi connectivity index (χ2v) is 3.08. The molecule has 0 bridgehead atoms. The minimum atomic E-state index is -0.425. The van der Waals surface area contributed by atoms with Crippen molar-refractivity contribution in [1.29, 1.82) is 0 Å². The molecule has 0 spiro atoms. The Balaban J connectivity index is 2.36. The lowest BCUT2D eigenvalue weighted by molar-refractivity contribution is -0.385. The summed E-state index contributed by atoms with van der Waals surface area (Å²) in [6, 6.07) is 1.56. The molecule has 0 radical (unpaired) electrons. The van der Waals surface area contributed by atoms with Crippen LogP contribution in [0.4, 0.5) is 11.5 Å². The average molecular weight is 179 g/mol. The van der Waals surface area contributed by atoms with Crippen molar-refractivity contribution in [1.82, 2.24) is 4.98 Å². The summed E-state index contributed by atoms with van der Waals surface area (Å²) < 4.78 is 0. The number of hydrogen-bond donors (Lipinski definition) is 0. The standard InChI is InChI=1S/C8H9N3O2/c1-6-4-7(11(12)13)5-9-8(6)10-2-3-10/h4-5H,2-3H2,1H3.